The predicted molar refractivity (Wildman–Crippen MR) is 85.7 cm³/mol. The number of carbonyl (C=O) groups is 2. The SMILES string of the molecule is CC(C)(C)OC(=O)N1CCCC1C(=O)Oc1ccc(Br)cc1. The Balaban J connectivity index is 2.01. The molecule has 6 heteroatoms. The lowest BCUT2D eigenvalue weighted by molar-refractivity contribution is -0.139. The van der Waals surface area contributed by atoms with E-state index in [2.05, 4.69) is 15.9 Å². The van der Waals surface area contributed by atoms with Crippen LogP contribution in [-0.2, 0) is 9.53 Å². The number of hydrogen-bond acceptors (Lipinski definition) is 4. The first kappa shape index (κ1) is 16.8. The maximum Gasteiger partial charge on any atom is 0.411 e. The first-order valence-electron chi connectivity index (χ1n) is 7.23. The summed E-state index contributed by atoms with van der Waals surface area (Å²) in [4.78, 5) is 25.9. The maximum absolute atomic E-state index is 12.3. The Bertz CT molecular complexity index is 550. The number of benzene rings is 1. The number of carbonyl (C=O) groups excluding carboxylic acids is 2. The molecule has 1 aromatic rings. The van der Waals surface area contributed by atoms with E-state index >= 15 is 0 Å². The molecule has 1 amide bonds. The Kier molecular flexibility index (Phi) is 5.11. The molecule has 0 aliphatic carbocycles. The molecule has 1 unspecified atom stereocenters. The van der Waals surface area contributed by atoms with E-state index in [9.17, 15) is 9.59 Å². The molecule has 0 N–H and O–H groups in total. The van der Waals surface area contributed by atoms with Crippen LogP contribution in [0.4, 0.5) is 4.79 Å². The molecule has 1 aromatic carbocycles. The van der Waals surface area contributed by atoms with Crippen LogP contribution in [0.1, 0.15) is 33.6 Å². The van der Waals surface area contributed by atoms with Gasteiger partial charge in [-0.3, -0.25) is 4.90 Å². The quantitative estimate of drug-likeness (QED) is 0.588. The van der Waals surface area contributed by atoms with Gasteiger partial charge in [0.25, 0.3) is 0 Å². The number of likely N-dealkylation sites (tertiary alicyclic amines) is 1. The molecule has 5 nitrogen and oxygen atoms in total. The van der Waals surface area contributed by atoms with Gasteiger partial charge in [0.2, 0.25) is 0 Å². The third-order valence-corrected chi connectivity index (χ3v) is 3.71. The average Bonchev–Trinajstić information content (AvgIpc) is 2.89. The first-order valence-corrected chi connectivity index (χ1v) is 8.02. The molecule has 1 aliphatic heterocycles. The van der Waals surface area contributed by atoms with Gasteiger partial charge in [-0.2, -0.15) is 0 Å². The van der Waals surface area contributed by atoms with Crippen molar-refractivity contribution in [1.29, 1.82) is 0 Å². The molecule has 0 aromatic heterocycles. The van der Waals surface area contributed by atoms with Crippen molar-refractivity contribution >= 4 is 28.0 Å². The van der Waals surface area contributed by atoms with Gasteiger partial charge in [-0.05, 0) is 57.9 Å². The van der Waals surface area contributed by atoms with Gasteiger partial charge in [0.15, 0.2) is 0 Å². The van der Waals surface area contributed by atoms with E-state index in [0.717, 1.165) is 10.9 Å². The van der Waals surface area contributed by atoms with Crippen LogP contribution in [-0.4, -0.2) is 35.2 Å². The molecule has 1 heterocycles. The monoisotopic (exact) mass is 369 g/mol. The van der Waals surface area contributed by atoms with Crippen molar-refractivity contribution in [1.82, 2.24) is 4.90 Å². The highest BCUT2D eigenvalue weighted by atomic mass is 79.9. The fourth-order valence-electron chi connectivity index (χ4n) is 2.24. The van der Waals surface area contributed by atoms with Crippen LogP contribution in [0, 0.1) is 0 Å². The summed E-state index contributed by atoms with van der Waals surface area (Å²) in [6, 6.07) is 6.41. The predicted octanol–water partition coefficient (Wildman–Crippen LogP) is 3.75. The van der Waals surface area contributed by atoms with Crippen LogP contribution in [0.25, 0.3) is 0 Å². The molecule has 1 saturated heterocycles. The summed E-state index contributed by atoms with van der Waals surface area (Å²) >= 11 is 3.32. The largest absolute Gasteiger partial charge is 0.444 e. The van der Waals surface area contributed by atoms with Crippen molar-refractivity contribution in [3.8, 4) is 5.75 Å². The van der Waals surface area contributed by atoms with Crippen LogP contribution in [0.15, 0.2) is 28.7 Å². The minimum absolute atomic E-state index is 0.425. The zero-order valence-corrected chi connectivity index (χ0v) is 14.6. The second kappa shape index (κ2) is 6.69. The van der Waals surface area contributed by atoms with E-state index in [1.165, 1.54) is 4.90 Å². The molecule has 22 heavy (non-hydrogen) atoms. The van der Waals surface area contributed by atoms with Crippen molar-refractivity contribution < 1.29 is 19.1 Å². The molecule has 1 atom stereocenters. The normalized spacial score (nSPS) is 18.2. The second-order valence-corrected chi connectivity index (χ2v) is 7.12. The van der Waals surface area contributed by atoms with Gasteiger partial charge in [-0.15, -0.1) is 0 Å². The minimum Gasteiger partial charge on any atom is -0.444 e. The minimum atomic E-state index is -0.585. The van der Waals surface area contributed by atoms with E-state index in [0.29, 0.717) is 18.7 Å². The maximum atomic E-state index is 12.3. The molecular formula is C16H20BrNO4. The summed E-state index contributed by atoms with van der Waals surface area (Å²) in [5.74, 6) is 0.0370. The highest BCUT2D eigenvalue weighted by Crippen LogP contribution is 2.23. The second-order valence-electron chi connectivity index (χ2n) is 6.21. The summed E-state index contributed by atoms with van der Waals surface area (Å²) in [6.45, 7) is 5.91. The summed E-state index contributed by atoms with van der Waals surface area (Å²) in [5, 5.41) is 0. The lowest BCUT2D eigenvalue weighted by atomic mass is 10.2. The molecule has 0 radical (unpaired) electrons. The molecule has 1 aliphatic rings. The van der Waals surface area contributed by atoms with E-state index in [4.69, 9.17) is 9.47 Å². The smallest absolute Gasteiger partial charge is 0.411 e. The number of amides is 1. The van der Waals surface area contributed by atoms with Gasteiger partial charge in [0.1, 0.15) is 17.4 Å². The van der Waals surface area contributed by atoms with Gasteiger partial charge in [0.05, 0.1) is 0 Å². The zero-order valence-electron chi connectivity index (χ0n) is 13.0. The van der Waals surface area contributed by atoms with Crippen molar-refractivity contribution in [2.24, 2.45) is 0 Å². The summed E-state index contributed by atoms with van der Waals surface area (Å²) in [5.41, 5.74) is -0.583. The number of ether oxygens (including phenoxy) is 2. The third kappa shape index (κ3) is 4.47. The lowest BCUT2D eigenvalue weighted by Gasteiger charge is -2.27. The summed E-state index contributed by atoms with van der Waals surface area (Å²) < 4.78 is 11.6. The van der Waals surface area contributed by atoms with Crippen molar-refractivity contribution in [3.63, 3.8) is 0 Å². The van der Waals surface area contributed by atoms with Gasteiger partial charge in [0, 0.05) is 11.0 Å². The number of nitrogens with zero attached hydrogens (tertiary/aromatic N) is 1. The Morgan fingerprint density at radius 1 is 1.23 bits per heavy atom. The molecule has 120 valence electrons. The first-order chi connectivity index (χ1) is 10.3. The molecule has 0 saturated carbocycles. The highest BCUT2D eigenvalue weighted by molar-refractivity contribution is 9.10. The van der Waals surface area contributed by atoms with Crippen LogP contribution < -0.4 is 4.74 Å². The van der Waals surface area contributed by atoms with Crippen LogP contribution in [0.2, 0.25) is 0 Å². The van der Waals surface area contributed by atoms with E-state index in [1.807, 2.05) is 0 Å². The fourth-order valence-corrected chi connectivity index (χ4v) is 2.50. The number of hydrogen-bond donors (Lipinski definition) is 0. The Hall–Kier alpha value is -1.56. The number of esters is 1. The van der Waals surface area contributed by atoms with Crippen LogP contribution in [0.3, 0.4) is 0 Å². The third-order valence-electron chi connectivity index (χ3n) is 3.18. The average molecular weight is 370 g/mol. The Morgan fingerprint density at radius 2 is 1.86 bits per heavy atom. The van der Waals surface area contributed by atoms with Crippen molar-refractivity contribution in [3.05, 3.63) is 28.7 Å². The fraction of sp³-hybridized carbons (Fsp3) is 0.500. The molecule has 0 spiro atoms. The van der Waals surface area contributed by atoms with Crippen LogP contribution >= 0.6 is 15.9 Å². The van der Waals surface area contributed by atoms with Crippen LogP contribution in [0.5, 0.6) is 5.75 Å². The summed E-state index contributed by atoms with van der Waals surface area (Å²) in [6.07, 6.45) is 0.885. The van der Waals surface area contributed by atoms with Gasteiger partial charge < -0.3 is 9.47 Å². The standard InChI is InChI=1S/C16H20BrNO4/c1-16(2,3)22-15(20)18-10-4-5-13(18)14(19)21-12-8-6-11(17)7-9-12/h6-9,13H,4-5,10H2,1-3H3. The lowest BCUT2D eigenvalue weighted by Crippen LogP contribution is -2.44. The summed E-state index contributed by atoms with van der Waals surface area (Å²) in [7, 11) is 0. The zero-order chi connectivity index (χ0) is 16.3. The highest BCUT2D eigenvalue weighted by Gasteiger charge is 2.37. The van der Waals surface area contributed by atoms with E-state index in [-0.39, 0.29) is 0 Å². The molecule has 2 rings (SSSR count). The van der Waals surface area contributed by atoms with Crippen molar-refractivity contribution in [2.45, 2.75) is 45.3 Å². The topological polar surface area (TPSA) is 55.8 Å². The van der Waals surface area contributed by atoms with Gasteiger partial charge in [-0.25, -0.2) is 9.59 Å². The Morgan fingerprint density at radius 3 is 2.45 bits per heavy atom. The van der Waals surface area contributed by atoms with E-state index < -0.39 is 23.7 Å². The number of rotatable bonds is 2. The Labute approximate surface area is 138 Å². The molecular weight excluding hydrogens is 350 g/mol. The van der Waals surface area contributed by atoms with E-state index in [1.54, 1.807) is 45.0 Å². The van der Waals surface area contributed by atoms with Crippen molar-refractivity contribution in [2.75, 3.05) is 6.54 Å². The molecule has 1 fully saturated rings. The van der Waals surface area contributed by atoms with Gasteiger partial charge in [-0.1, -0.05) is 15.9 Å². The molecule has 0 bridgehead atoms. The number of halogens is 1. The van der Waals surface area contributed by atoms with Gasteiger partial charge >= 0.3 is 12.1 Å².